The van der Waals surface area contributed by atoms with Crippen LogP contribution in [0, 0.1) is 0 Å². The number of aryl methyl sites for hydroxylation is 1. The van der Waals surface area contributed by atoms with Crippen molar-refractivity contribution >= 4 is 10.3 Å². The lowest BCUT2D eigenvalue weighted by atomic mass is 10.1. The van der Waals surface area contributed by atoms with E-state index in [0.29, 0.717) is 13.1 Å². The number of unbranched alkanes of at least 4 members (excludes halogenated alkanes) is 5. The first-order valence-electron chi connectivity index (χ1n) is 8.80. The van der Waals surface area contributed by atoms with Crippen LogP contribution in [0.1, 0.15) is 58.3 Å². The van der Waals surface area contributed by atoms with Crippen LogP contribution in [0.15, 0.2) is 18.7 Å². The molecule has 0 saturated carbocycles. The van der Waals surface area contributed by atoms with Crippen molar-refractivity contribution in [2.75, 3.05) is 6.54 Å². The predicted molar refractivity (Wildman–Crippen MR) is 89.3 cm³/mol. The van der Waals surface area contributed by atoms with Crippen LogP contribution in [0.25, 0.3) is 0 Å². The van der Waals surface area contributed by atoms with E-state index < -0.39 is 10.3 Å². The van der Waals surface area contributed by atoms with Crippen molar-refractivity contribution in [1.29, 1.82) is 0 Å². The van der Waals surface area contributed by atoms with Crippen LogP contribution in [0.2, 0.25) is 0 Å². The Kier molecular flexibility index (Phi) is 7.05. The maximum atomic E-state index is 11.4. The number of imidazole rings is 1. The van der Waals surface area contributed by atoms with E-state index in [9.17, 15) is 13.0 Å². The van der Waals surface area contributed by atoms with Crippen molar-refractivity contribution in [3.05, 3.63) is 18.7 Å². The van der Waals surface area contributed by atoms with E-state index in [4.69, 9.17) is 0 Å². The van der Waals surface area contributed by atoms with Gasteiger partial charge in [0.25, 0.3) is 0 Å². The van der Waals surface area contributed by atoms with Crippen LogP contribution in [-0.2, 0) is 23.4 Å². The molecule has 1 aromatic heterocycles. The van der Waals surface area contributed by atoms with Gasteiger partial charge in [0.05, 0.1) is 12.6 Å². The van der Waals surface area contributed by atoms with Crippen LogP contribution in [0.4, 0.5) is 0 Å². The van der Waals surface area contributed by atoms with E-state index in [0.717, 1.165) is 19.4 Å². The Bertz CT molecular complexity index is 571. The van der Waals surface area contributed by atoms with Crippen molar-refractivity contribution in [3.8, 4) is 0 Å². The predicted octanol–water partition coefficient (Wildman–Crippen LogP) is 2.40. The monoisotopic (exact) mass is 344 g/mol. The highest BCUT2D eigenvalue weighted by molar-refractivity contribution is 7.83. The topological polar surface area (TPSA) is 66.4 Å². The Labute approximate surface area is 140 Å². The Morgan fingerprint density at radius 1 is 1.22 bits per heavy atom. The van der Waals surface area contributed by atoms with Gasteiger partial charge in [-0.05, 0) is 25.7 Å². The van der Waals surface area contributed by atoms with Gasteiger partial charge in [-0.1, -0.05) is 32.6 Å². The number of hydrogen-bond donors (Lipinski definition) is 1. The van der Waals surface area contributed by atoms with Gasteiger partial charge in [-0.15, -0.1) is 0 Å². The van der Waals surface area contributed by atoms with Crippen LogP contribution in [-0.4, -0.2) is 34.4 Å². The Hall–Kier alpha value is -0.920. The molecule has 2 rings (SSSR count). The summed E-state index contributed by atoms with van der Waals surface area (Å²) < 4.78 is 37.4. The molecule has 0 unspecified atom stereocenters. The zero-order valence-corrected chi connectivity index (χ0v) is 14.9. The Morgan fingerprint density at radius 3 is 2.70 bits per heavy atom. The molecule has 1 N–H and O–H groups in total. The minimum atomic E-state index is -4.08. The van der Waals surface area contributed by atoms with Gasteiger partial charge in [0.1, 0.15) is 18.9 Å². The molecule has 7 heteroatoms. The standard InChI is InChI=1S/C16H29N3O3S/c1-2-3-4-5-6-7-10-17-12-13-18(15-17)14-16-9-8-11-19(16)23(20,21)22/h12-13,15-16H,2-11,14H2,1H3/p+1/t16-/m0/s1. The van der Waals surface area contributed by atoms with Crippen molar-refractivity contribution < 1.29 is 17.5 Å². The van der Waals surface area contributed by atoms with Gasteiger partial charge in [-0.3, -0.25) is 4.55 Å². The van der Waals surface area contributed by atoms with Gasteiger partial charge in [-0.2, -0.15) is 12.7 Å². The van der Waals surface area contributed by atoms with Gasteiger partial charge in [-0.25, -0.2) is 9.13 Å². The Morgan fingerprint density at radius 2 is 1.96 bits per heavy atom. The normalized spacial score (nSPS) is 19.5. The minimum absolute atomic E-state index is 0.139. The molecule has 1 atom stereocenters. The third kappa shape index (κ3) is 5.90. The van der Waals surface area contributed by atoms with Crippen molar-refractivity contribution in [1.82, 2.24) is 8.87 Å². The zero-order valence-electron chi connectivity index (χ0n) is 14.1. The van der Waals surface area contributed by atoms with E-state index in [1.165, 1.54) is 42.8 Å². The molecule has 132 valence electrons. The molecule has 0 amide bonds. The van der Waals surface area contributed by atoms with Gasteiger partial charge in [0.15, 0.2) is 0 Å². The largest absolute Gasteiger partial charge is 0.336 e. The summed E-state index contributed by atoms with van der Waals surface area (Å²) in [6.45, 7) is 4.25. The first kappa shape index (κ1) is 18.4. The van der Waals surface area contributed by atoms with Crippen molar-refractivity contribution in [2.45, 2.75) is 77.4 Å². The number of aromatic nitrogens is 2. The molecule has 1 aliphatic heterocycles. The molecule has 1 saturated heterocycles. The fraction of sp³-hybridized carbons (Fsp3) is 0.812. The minimum Gasteiger partial charge on any atom is -0.273 e. The molecule has 2 heterocycles. The quantitative estimate of drug-likeness (QED) is 0.403. The molecule has 0 aromatic carbocycles. The van der Waals surface area contributed by atoms with E-state index >= 15 is 0 Å². The maximum Gasteiger partial charge on any atom is 0.336 e. The second-order valence-corrected chi connectivity index (χ2v) is 7.87. The van der Waals surface area contributed by atoms with Gasteiger partial charge >= 0.3 is 10.3 Å². The highest BCUT2D eigenvalue weighted by Crippen LogP contribution is 2.20. The number of nitrogens with zero attached hydrogens (tertiary/aromatic N) is 3. The fourth-order valence-corrected chi connectivity index (χ4v) is 4.20. The van der Waals surface area contributed by atoms with Crippen LogP contribution < -0.4 is 4.57 Å². The molecule has 23 heavy (non-hydrogen) atoms. The summed E-state index contributed by atoms with van der Waals surface area (Å²) in [6, 6.07) is -0.139. The van der Waals surface area contributed by atoms with E-state index in [2.05, 4.69) is 11.5 Å². The molecule has 1 fully saturated rings. The summed E-state index contributed by atoms with van der Waals surface area (Å²) in [5.41, 5.74) is 0. The van der Waals surface area contributed by atoms with Gasteiger partial charge in [0.2, 0.25) is 6.33 Å². The van der Waals surface area contributed by atoms with Gasteiger partial charge < -0.3 is 0 Å². The summed E-state index contributed by atoms with van der Waals surface area (Å²) in [7, 11) is -4.08. The number of rotatable bonds is 10. The van der Waals surface area contributed by atoms with Gasteiger partial charge in [0, 0.05) is 6.54 Å². The van der Waals surface area contributed by atoms with Crippen molar-refractivity contribution in [2.24, 2.45) is 0 Å². The SMILES string of the molecule is CCCCCCCCn1cc[n+](C[C@@H]2CCCN2S(=O)(=O)O)c1. The van der Waals surface area contributed by atoms with E-state index in [1.807, 2.05) is 23.3 Å². The van der Waals surface area contributed by atoms with Crippen LogP contribution in [0.3, 0.4) is 0 Å². The summed E-state index contributed by atoms with van der Waals surface area (Å²) in [4.78, 5) is 0. The first-order chi connectivity index (χ1) is 11.0. The van der Waals surface area contributed by atoms with E-state index in [1.54, 1.807) is 0 Å². The third-order valence-electron chi connectivity index (χ3n) is 4.56. The fourth-order valence-electron chi connectivity index (χ4n) is 3.29. The highest BCUT2D eigenvalue weighted by Gasteiger charge is 2.34. The Balaban J connectivity index is 1.76. The summed E-state index contributed by atoms with van der Waals surface area (Å²) in [5.74, 6) is 0. The first-order valence-corrected chi connectivity index (χ1v) is 10.2. The third-order valence-corrected chi connectivity index (χ3v) is 5.63. The molecule has 0 aliphatic carbocycles. The molecule has 0 bridgehead atoms. The lowest BCUT2D eigenvalue weighted by Gasteiger charge is -2.18. The van der Waals surface area contributed by atoms with Crippen molar-refractivity contribution in [3.63, 3.8) is 0 Å². The average molecular weight is 345 g/mol. The summed E-state index contributed by atoms with van der Waals surface area (Å²) in [6.07, 6.45) is 15.3. The lowest BCUT2D eigenvalue weighted by Crippen LogP contribution is -2.45. The molecule has 1 aliphatic rings. The highest BCUT2D eigenvalue weighted by atomic mass is 32.2. The molecule has 0 spiro atoms. The second-order valence-electron chi connectivity index (χ2n) is 6.50. The molecule has 6 nitrogen and oxygen atoms in total. The summed E-state index contributed by atoms with van der Waals surface area (Å²) >= 11 is 0. The summed E-state index contributed by atoms with van der Waals surface area (Å²) in [5, 5.41) is 0. The maximum absolute atomic E-state index is 11.4. The zero-order chi connectivity index (χ0) is 16.7. The molecule has 1 aromatic rings. The molecule has 0 radical (unpaired) electrons. The van der Waals surface area contributed by atoms with E-state index in [-0.39, 0.29) is 6.04 Å². The second kappa shape index (κ2) is 8.80. The smallest absolute Gasteiger partial charge is 0.273 e. The molecular formula is C16H30N3O3S+. The lowest BCUT2D eigenvalue weighted by molar-refractivity contribution is -0.699. The van der Waals surface area contributed by atoms with Crippen LogP contribution >= 0.6 is 0 Å². The van der Waals surface area contributed by atoms with Crippen LogP contribution in [0.5, 0.6) is 0 Å². The molecular weight excluding hydrogens is 314 g/mol. The average Bonchev–Trinajstić information content (AvgIpc) is 3.12. The number of hydrogen-bond acceptors (Lipinski definition) is 2.